The van der Waals surface area contributed by atoms with Gasteiger partial charge in [-0.05, 0) is 6.07 Å². The molecule has 0 fully saturated rings. The highest BCUT2D eigenvalue weighted by molar-refractivity contribution is 6.34. The Bertz CT molecular complexity index is 504. The van der Waals surface area contributed by atoms with Crippen LogP contribution in [0, 0.1) is 0 Å². The van der Waals surface area contributed by atoms with Crippen LogP contribution in [0.3, 0.4) is 0 Å². The average Bonchev–Trinajstić information content (AvgIpc) is 2.27. The summed E-state index contributed by atoms with van der Waals surface area (Å²) in [6.45, 7) is 1.26. The van der Waals surface area contributed by atoms with E-state index < -0.39 is 0 Å². The van der Waals surface area contributed by atoms with Crippen LogP contribution in [0.5, 0.6) is 5.75 Å². The number of nitrogens with one attached hydrogen (secondary N) is 1. The van der Waals surface area contributed by atoms with E-state index in [4.69, 9.17) is 22.2 Å². The molecule has 6 nitrogen and oxygen atoms in total. The number of anilines is 2. The summed E-state index contributed by atoms with van der Waals surface area (Å²) >= 11 is 5.97. The summed E-state index contributed by atoms with van der Waals surface area (Å²) in [6.07, 6.45) is 0. The number of halogens is 1. The molecule has 0 spiro atoms. The van der Waals surface area contributed by atoms with Crippen molar-refractivity contribution in [1.82, 2.24) is 0 Å². The molecule has 90 valence electrons. The summed E-state index contributed by atoms with van der Waals surface area (Å²) in [4.78, 5) is 22.3. The normalized spacial score (nSPS) is 13.5. The lowest BCUT2D eigenvalue weighted by atomic mass is 10.2. The van der Waals surface area contributed by atoms with E-state index in [-0.39, 0.29) is 23.4 Å². The molecule has 0 aliphatic carbocycles. The lowest BCUT2D eigenvalue weighted by Gasteiger charge is -2.22. The molecule has 1 aromatic rings. The molecule has 1 heterocycles. The van der Waals surface area contributed by atoms with Gasteiger partial charge in [-0.25, -0.2) is 10.9 Å². The van der Waals surface area contributed by atoms with Crippen molar-refractivity contribution in [2.24, 2.45) is 5.84 Å². The fourth-order valence-corrected chi connectivity index (χ4v) is 1.69. The van der Waals surface area contributed by atoms with Crippen molar-refractivity contribution in [3.05, 3.63) is 17.2 Å². The van der Waals surface area contributed by atoms with Gasteiger partial charge in [0.15, 0.2) is 6.61 Å². The van der Waals surface area contributed by atoms with Gasteiger partial charge in [-0.15, -0.1) is 0 Å². The molecule has 2 amide bonds. The van der Waals surface area contributed by atoms with Gasteiger partial charge in [0.25, 0.3) is 5.91 Å². The van der Waals surface area contributed by atoms with E-state index in [1.807, 2.05) is 0 Å². The number of fused-ring (bicyclic) bond motifs is 1. The van der Waals surface area contributed by atoms with E-state index in [1.54, 1.807) is 0 Å². The second-order valence-electron chi connectivity index (χ2n) is 3.53. The van der Waals surface area contributed by atoms with Gasteiger partial charge in [-0.1, -0.05) is 11.6 Å². The first-order valence-corrected chi connectivity index (χ1v) is 5.18. The Hall–Kier alpha value is -1.79. The summed E-state index contributed by atoms with van der Waals surface area (Å²) in [7, 11) is 0. The number of benzene rings is 1. The van der Waals surface area contributed by atoms with E-state index in [1.165, 1.54) is 19.1 Å². The van der Waals surface area contributed by atoms with Crippen molar-refractivity contribution in [2.75, 3.05) is 16.9 Å². The second kappa shape index (κ2) is 4.23. The Morgan fingerprint density at radius 1 is 1.59 bits per heavy atom. The van der Waals surface area contributed by atoms with Gasteiger partial charge in [0.2, 0.25) is 5.91 Å². The van der Waals surface area contributed by atoms with Gasteiger partial charge >= 0.3 is 0 Å². The molecular formula is C10H10ClN3O3. The maximum atomic E-state index is 11.2. The third kappa shape index (κ3) is 2.17. The molecular weight excluding hydrogens is 246 g/mol. The maximum absolute atomic E-state index is 11.2. The van der Waals surface area contributed by atoms with Gasteiger partial charge in [-0.2, -0.15) is 0 Å². The summed E-state index contributed by atoms with van der Waals surface area (Å²) < 4.78 is 5.17. The molecule has 2 rings (SSSR count). The Morgan fingerprint density at radius 2 is 2.29 bits per heavy atom. The van der Waals surface area contributed by atoms with Crippen LogP contribution in [0.1, 0.15) is 6.92 Å². The third-order valence-electron chi connectivity index (χ3n) is 2.28. The highest BCUT2D eigenvalue weighted by Crippen LogP contribution is 2.37. The van der Waals surface area contributed by atoms with Crippen LogP contribution in [0.15, 0.2) is 12.1 Å². The number of carbonyl (C=O) groups excluding carboxylic acids is 2. The average molecular weight is 256 g/mol. The van der Waals surface area contributed by atoms with Gasteiger partial charge < -0.3 is 10.1 Å². The zero-order chi connectivity index (χ0) is 12.6. The minimum atomic E-state index is -0.366. The Labute approximate surface area is 102 Å². The van der Waals surface area contributed by atoms with Crippen LogP contribution in [-0.4, -0.2) is 18.4 Å². The van der Waals surface area contributed by atoms with Crippen LogP contribution in [0.25, 0.3) is 0 Å². The Morgan fingerprint density at radius 3 is 2.94 bits per heavy atom. The monoisotopic (exact) mass is 255 g/mol. The number of nitrogens with zero attached hydrogens (tertiary/aromatic N) is 1. The third-order valence-corrected chi connectivity index (χ3v) is 2.58. The molecule has 3 N–H and O–H groups in total. The topological polar surface area (TPSA) is 84.7 Å². The summed E-state index contributed by atoms with van der Waals surface area (Å²) in [6, 6.07) is 3.00. The molecule has 0 bridgehead atoms. The number of carbonyl (C=O) groups is 2. The molecule has 1 aliphatic rings. The Balaban J connectivity index is 2.45. The van der Waals surface area contributed by atoms with Crippen molar-refractivity contribution in [3.8, 4) is 5.75 Å². The predicted molar refractivity (Wildman–Crippen MR) is 62.9 cm³/mol. The summed E-state index contributed by atoms with van der Waals surface area (Å²) in [5.74, 6) is 5.37. The van der Waals surface area contributed by atoms with E-state index >= 15 is 0 Å². The van der Waals surface area contributed by atoms with Gasteiger partial charge in [0, 0.05) is 13.0 Å². The molecule has 7 heteroatoms. The number of rotatable bonds is 1. The number of nitrogens with two attached hydrogens (primary N) is 1. The van der Waals surface area contributed by atoms with Crippen molar-refractivity contribution < 1.29 is 14.3 Å². The lowest BCUT2D eigenvalue weighted by molar-refractivity contribution is -0.118. The first-order valence-electron chi connectivity index (χ1n) is 4.80. The lowest BCUT2D eigenvalue weighted by Crippen LogP contribution is -2.36. The van der Waals surface area contributed by atoms with Crippen LogP contribution < -0.4 is 20.9 Å². The highest BCUT2D eigenvalue weighted by Gasteiger charge is 2.20. The molecule has 1 aliphatic heterocycles. The van der Waals surface area contributed by atoms with Crippen molar-refractivity contribution in [2.45, 2.75) is 6.92 Å². The fraction of sp³-hybridized carbons (Fsp3) is 0.200. The van der Waals surface area contributed by atoms with Crippen molar-refractivity contribution in [3.63, 3.8) is 0 Å². The van der Waals surface area contributed by atoms with E-state index in [0.717, 1.165) is 5.01 Å². The molecule has 0 unspecified atom stereocenters. The number of ether oxygens (including phenoxy) is 1. The zero-order valence-corrected chi connectivity index (χ0v) is 9.75. The minimum absolute atomic E-state index is 0.0538. The molecule has 17 heavy (non-hydrogen) atoms. The maximum Gasteiger partial charge on any atom is 0.262 e. The first-order chi connectivity index (χ1) is 7.99. The SMILES string of the molecule is CC(=O)N(N)c1cc2c(cc1Cl)OCC(=O)N2. The van der Waals surface area contributed by atoms with Crippen molar-refractivity contribution in [1.29, 1.82) is 0 Å². The number of hydrogen-bond donors (Lipinski definition) is 2. The van der Waals surface area contributed by atoms with E-state index in [2.05, 4.69) is 5.32 Å². The number of hydrazine groups is 1. The quantitative estimate of drug-likeness (QED) is 0.444. The number of amides is 2. The fourth-order valence-electron chi connectivity index (χ4n) is 1.44. The van der Waals surface area contributed by atoms with E-state index in [0.29, 0.717) is 17.1 Å². The van der Waals surface area contributed by atoms with E-state index in [9.17, 15) is 9.59 Å². The Kier molecular flexibility index (Phi) is 2.91. The van der Waals surface area contributed by atoms with Crippen molar-refractivity contribution >= 4 is 34.8 Å². The molecule has 0 saturated carbocycles. The standard InChI is InChI=1S/C10H10ClN3O3/c1-5(15)14(12)8-3-7-9(2-6(8)11)17-4-10(16)13-7/h2-3H,4,12H2,1H3,(H,13,16). The number of hydrogen-bond acceptors (Lipinski definition) is 4. The van der Waals surface area contributed by atoms with Gasteiger partial charge in [-0.3, -0.25) is 9.59 Å². The smallest absolute Gasteiger partial charge is 0.262 e. The van der Waals surface area contributed by atoms with Crippen LogP contribution in [0.4, 0.5) is 11.4 Å². The predicted octanol–water partition coefficient (Wildman–Crippen LogP) is 0.897. The van der Waals surface area contributed by atoms with Crippen LogP contribution in [-0.2, 0) is 9.59 Å². The second-order valence-corrected chi connectivity index (χ2v) is 3.93. The summed E-state index contributed by atoms with van der Waals surface area (Å²) in [5, 5.41) is 3.79. The zero-order valence-electron chi connectivity index (χ0n) is 8.99. The van der Waals surface area contributed by atoms with Crippen LogP contribution in [0.2, 0.25) is 5.02 Å². The van der Waals surface area contributed by atoms with Gasteiger partial charge in [0.1, 0.15) is 5.75 Å². The molecule has 0 radical (unpaired) electrons. The van der Waals surface area contributed by atoms with Crippen LogP contribution >= 0.6 is 11.6 Å². The largest absolute Gasteiger partial charge is 0.482 e. The first kappa shape index (κ1) is 11.7. The van der Waals surface area contributed by atoms with Gasteiger partial charge in [0.05, 0.1) is 16.4 Å². The molecule has 0 saturated heterocycles. The highest BCUT2D eigenvalue weighted by atomic mass is 35.5. The minimum Gasteiger partial charge on any atom is -0.482 e. The summed E-state index contributed by atoms with van der Waals surface area (Å²) in [5.41, 5.74) is 0.751. The molecule has 1 aromatic carbocycles. The molecule has 0 atom stereocenters. The molecule has 0 aromatic heterocycles.